The predicted molar refractivity (Wildman–Crippen MR) is 96.2 cm³/mol. The van der Waals surface area contributed by atoms with E-state index in [2.05, 4.69) is 17.6 Å². The monoisotopic (exact) mass is 334 g/mol. The summed E-state index contributed by atoms with van der Waals surface area (Å²) in [5, 5.41) is 6.25. The van der Waals surface area contributed by atoms with Crippen LogP contribution in [0.15, 0.2) is 48.5 Å². The first kappa shape index (κ1) is 19.2. The molecule has 2 aromatic carbocycles. The van der Waals surface area contributed by atoms with Gasteiger partial charge in [0.05, 0.1) is 6.61 Å². The number of rotatable bonds is 7. The Labute approximate surface area is 143 Å². The fourth-order valence-corrected chi connectivity index (χ4v) is 2.17. The second-order valence-electron chi connectivity index (χ2n) is 5.02. The molecule has 23 heavy (non-hydrogen) atoms. The van der Waals surface area contributed by atoms with Crippen molar-refractivity contribution in [2.45, 2.75) is 20.1 Å². The van der Waals surface area contributed by atoms with E-state index in [-0.39, 0.29) is 18.3 Å². The third kappa shape index (κ3) is 5.67. The number of halogens is 1. The lowest BCUT2D eigenvalue weighted by Gasteiger charge is -2.11. The molecule has 5 heteroatoms. The molecule has 0 saturated carbocycles. The fourth-order valence-electron chi connectivity index (χ4n) is 2.17. The van der Waals surface area contributed by atoms with Gasteiger partial charge < -0.3 is 15.4 Å². The zero-order valence-corrected chi connectivity index (χ0v) is 14.3. The molecule has 0 aliphatic rings. The van der Waals surface area contributed by atoms with E-state index in [1.54, 1.807) is 7.11 Å². The van der Waals surface area contributed by atoms with E-state index in [1.165, 1.54) is 0 Å². The van der Waals surface area contributed by atoms with Gasteiger partial charge >= 0.3 is 0 Å². The van der Waals surface area contributed by atoms with Crippen molar-refractivity contribution in [1.29, 1.82) is 0 Å². The lowest BCUT2D eigenvalue weighted by atomic mass is 10.1. The standard InChI is InChI=1S/C18H22N2O2.ClH/c1-3-19-12-16-6-4-5-7-17(16)20-18(21)15-10-8-14(9-11-15)13-22-2;/h4-11,19H,3,12-13H2,1-2H3,(H,20,21);1H. The van der Waals surface area contributed by atoms with Gasteiger partial charge in [-0.3, -0.25) is 4.79 Å². The number of para-hydroxylation sites is 1. The molecule has 2 N–H and O–H groups in total. The number of benzene rings is 2. The predicted octanol–water partition coefficient (Wildman–Crippen LogP) is 3.62. The zero-order chi connectivity index (χ0) is 15.8. The van der Waals surface area contributed by atoms with Crippen molar-refractivity contribution in [3.8, 4) is 0 Å². The SMILES string of the molecule is CCNCc1ccccc1NC(=O)c1ccc(COC)cc1.Cl. The Hall–Kier alpha value is -1.88. The number of carbonyl (C=O) groups is 1. The smallest absolute Gasteiger partial charge is 0.255 e. The molecular weight excluding hydrogens is 312 g/mol. The Morgan fingerprint density at radius 1 is 1.09 bits per heavy atom. The number of hydrogen-bond donors (Lipinski definition) is 2. The molecule has 0 radical (unpaired) electrons. The van der Waals surface area contributed by atoms with Gasteiger partial charge in [0.15, 0.2) is 0 Å². The Balaban J connectivity index is 0.00000264. The highest BCUT2D eigenvalue weighted by Gasteiger charge is 2.08. The second-order valence-corrected chi connectivity index (χ2v) is 5.02. The van der Waals surface area contributed by atoms with Gasteiger partial charge in [-0.2, -0.15) is 0 Å². The first-order chi connectivity index (χ1) is 10.7. The molecule has 0 aromatic heterocycles. The average molecular weight is 335 g/mol. The number of hydrogen-bond acceptors (Lipinski definition) is 3. The Morgan fingerprint density at radius 3 is 2.43 bits per heavy atom. The van der Waals surface area contributed by atoms with Crippen molar-refractivity contribution in [2.75, 3.05) is 19.0 Å². The number of nitrogens with one attached hydrogen (secondary N) is 2. The van der Waals surface area contributed by atoms with E-state index in [9.17, 15) is 4.79 Å². The summed E-state index contributed by atoms with van der Waals surface area (Å²) >= 11 is 0. The molecule has 0 aliphatic heterocycles. The van der Waals surface area contributed by atoms with E-state index in [0.29, 0.717) is 12.2 Å². The van der Waals surface area contributed by atoms with E-state index < -0.39 is 0 Å². The van der Waals surface area contributed by atoms with Gasteiger partial charge in [-0.05, 0) is 35.9 Å². The summed E-state index contributed by atoms with van der Waals surface area (Å²) in [6.45, 7) is 4.24. The van der Waals surface area contributed by atoms with Crippen LogP contribution in [0.25, 0.3) is 0 Å². The Kier molecular flexibility index (Phi) is 8.33. The van der Waals surface area contributed by atoms with Crippen LogP contribution in [-0.2, 0) is 17.9 Å². The van der Waals surface area contributed by atoms with Crippen molar-refractivity contribution in [1.82, 2.24) is 5.32 Å². The van der Waals surface area contributed by atoms with Crippen molar-refractivity contribution in [3.05, 3.63) is 65.2 Å². The van der Waals surface area contributed by atoms with Crippen LogP contribution in [-0.4, -0.2) is 19.6 Å². The number of carbonyl (C=O) groups excluding carboxylic acids is 1. The Bertz CT molecular complexity index is 615. The van der Waals surface area contributed by atoms with Crippen molar-refractivity contribution in [2.24, 2.45) is 0 Å². The maximum Gasteiger partial charge on any atom is 0.255 e. The molecule has 2 aromatic rings. The zero-order valence-electron chi connectivity index (χ0n) is 13.5. The minimum atomic E-state index is -0.104. The van der Waals surface area contributed by atoms with Gasteiger partial charge in [-0.15, -0.1) is 12.4 Å². The number of anilines is 1. The molecule has 1 amide bonds. The molecule has 4 nitrogen and oxygen atoms in total. The normalized spacial score (nSPS) is 10.0. The highest BCUT2D eigenvalue weighted by atomic mass is 35.5. The molecule has 0 spiro atoms. The molecule has 0 atom stereocenters. The molecule has 2 rings (SSSR count). The van der Waals surface area contributed by atoms with Gasteiger partial charge in [0, 0.05) is 24.9 Å². The number of methoxy groups -OCH3 is 1. The highest BCUT2D eigenvalue weighted by Crippen LogP contribution is 2.16. The van der Waals surface area contributed by atoms with Gasteiger partial charge in [-0.1, -0.05) is 37.3 Å². The van der Waals surface area contributed by atoms with Gasteiger partial charge in [0.25, 0.3) is 5.91 Å². The van der Waals surface area contributed by atoms with Crippen LogP contribution in [0.5, 0.6) is 0 Å². The van der Waals surface area contributed by atoms with Gasteiger partial charge in [0.2, 0.25) is 0 Å². The summed E-state index contributed by atoms with van der Waals surface area (Å²) in [6.07, 6.45) is 0. The molecular formula is C18H23ClN2O2. The summed E-state index contributed by atoms with van der Waals surface area (Å²) in [6, 6.07) is 15.3. The summed E-state index contributed by atoms with van der Waals surface area (Å²) < 4.78 is 5.07. The second kappa shape index (κ2) is 10.0. The van der Waals surface area contributed by atoms with E-state index in [4.69, 9.17) is 4.74 Å². The van der Waals surface area contributed by atoms with Crippen LogP contribution >= 0.6 is 12.4 Å². The van der Waals surface area contributed by atoms with Crippen LogP contribution in [0.1, 0.15) is 28.4 Å². The van der Waals surface area contributed by atoms with Crippen molar-refractivity contribution < 1.29 is 9.53 Å². The molecule has 0 heterocycles. The van der Waals surface area contributed by atoms with Crippen LogP contribution in [0, 0.1) is 0 Å². The minimum Gasteiger partial charge on any atom is -0.380 e. The number of amides is 1. The van der Waals surface area contributed by atoms with Crippen LogP contribution < -0.4 is 10.6 Å². The first-order valence-electron chi connectivity index (χ1n) is 7.42. The first-order valence-corrected chi connectivity index (χ1v) is 7.42. The van der Waals surface area contributed by atoms with E-state index in [1.807, 2.05) is 48.5 Å². The largest absolute Gasteiger partial charge is 0.380 e. The molecule has 0 fully saturated rings. The number of ether oxygens (including phenoxy) is 1. The van der Waals surface area contributed by atoms with E-state index in [0.717, 1.165) is 29.9 Å². The van der Waals surface area contributed by atoms with Crippen molar-refractivity contribution in [3.63, 3.8) is 0 Å². The molecule has 0 bridgehead atoms. The average Bonchev–Trinajstić information content (AvgIpc) is 2.55. The van der Waals surface area contributed by atoms with Crippen LogP contribution in [0.3, 0.4) is 0 Å². The lowest BCUT2D eigenvalue weighted by molar-refractivity contribution is 0.102. The topological polar surface area (TPSA) is 50.4 Å². The molecule has 0 aliphatic carbocycles. The highest BCUT2D eigenvalue weighted by molar-refractivity contribution is 6.04. The molecule has 124 valence electrons. The summed E-state index contributed by atoms with van der Waals surface area (Å²) in [7, 11) is 1.65. The maximum atomic E-state index is 12.3. The Morgan fingerprint density at radius 2 is 1.78 bits per heavy atom. The third-order valence-corrected chi connectivity index (χ3v) is 3.36. The quantitative estimate of drug-likeness (QED) is 0.813. The fraction of sp³-hybridized carbons (Fsp3) is 0.278. The van der Waals surface area contributed by atoms with Crippen LogP contribution in [0.2, 0.25) is 0 Å². The minimum absolute atomic E-state index is 0. The van der Waals surface area contributed by atoms with Crippen molar-refractivity contribution >= 4 is 24.0 Å². The lowest BCUT2D eigenvalue weighted by Crippen LogP contribution is -2.17. The van der Waals surface area contributed by atoms with Gasteiger partial charge in [-0.25, -0.2) is 0 Å². The molecule has 0 saturated heterocycles. The summed E-state index contributed by atoms with van der Waals surface area (Å²) in [5.74, 6) is -0.104. The van der Waals surface area contributed by atoms with E-state index >= 15 is 0 Å². The molecule has 0 unspecified atom stereocenters. The summed E-state index contributed by atoms with van der Waals surface area (Å²) in [4.78, 5) is 12.3. The van der Waals surface area contributed by atoms with Gasteiger partial charge in [0.1, 0.15) is 0 Å². The summed E-state index contributed by atoms with van der Waals surface area (Å²) in [5.41, 5.74) is 3.60. The maximum absolute atomic E-state index is 12.3. The van der Waals surface area contributed by atoms with Crippen LogP contribution in [0.4, 0.5) is 5.69 Å². The third-order valence-electron chi connectivity index (χ3n) is 3.36.